The molecule has 0 spiro atoms. The number of imide groups is 1. The minimum absolute atomic E-state index is 0.144. The van der Waals surface area contributed by atoms with Crippen LogP contribution in [0.5, 0.6) is 0 Å². The van der Waals surface area contributed by atoms with E-state index in [9.17, 15) is 9.59 Å². The summed E-state index contributed by atoms with van der Waals surface area (Å²) in [5.74, 6) is -0.0423. The molecular formula is C12H16N2O2S. The topological polar surface area (TPSA) is 49.4 Å². The van der Waals surface area contributed by atoms with E-state index in [1.54, 1.807) is 11.3 Å². The van der Waals surface area contributed by atoms with Crippen molar-refractivity contribution in [2.75, 3.05) is 13.1 Å². The van der Waals surface area contributed by atoms with Crippen LogP contribution in [0.2, 0.25) is 0 Å². The zero-order chi connectivity index (χ0) is 12.4. The van der Waals surface area contributed by atoms with E-state index < -0.39 is 0 Å². The summed E-state index contributed by atoms with van der Waals surface area (Å²) in [6.45, 7) is 4.82. The predicted molar refractivity (Wildman–Crippen MR) is 66.6 cm³/mol. The lowest BCUT2D eigenvalue weighted by Gasteiger charge is -2.35. The highest BCUT2D eigenvalue weighted by atomic mass is 32.1. The lowest BCUT2D eigenvalue weighted by Crippen LogP contribution is -2.53. The number of amides is 2. The molecule has 0 saturated carbocycles. The Kier molecular flexibility index (Phi) is 3.59. The number of rotatable bonds is 3. The van der Waals surface area contributed by atoms with E-state index in [1.165, 1.54) is 4.88 Å². The van der Waals surface area contributed by atoms with Crippen molar-refractivity contribution in [3.8, 4) is 0 Å². The largest absolute Gasteiger partial charge is 0.294 e. The fourth-order valence-electron chi connectivity index (χ4n) is 2.25. The van der Waals surface area contributed by atoms with Gasteiger partial charge in [0.15, 0.2) is 0 Å². The third-order valence-corrected chi connectivity index (χ3v) is 3.77. The fraction of sp³-hybridized carbons (Fsp3) is 0.500. The maximum absolute atomic E-state index is 11.4. The Labute approximate surface area is 105 Å². The smallest absolute Gasteiger partial charge is 0.240 e. The SMILES string of the molecule is CC(C)C(c1cccs1)N1CC(=O)NC(=O)C1. The van der Waals surface area contributed by atoms with Gasteiger partial charge >= 0.3 is 0 Å². The minimum atomic E-state index is -0.205. The standard InChI is InChI=1S/C12H16N2O2S/c1-8(2)12(9-4-3-5-17-9)14-6-10(15)13-11(16)7-14/h3-5,8,12H,6-7H2,1-2H3,(H,13,15,16). The van der Waals surface area contributed by atoms with E-state index in [2.05, 4.69) is 25.2 Å². The molecule has 4 nitrogen and oxygen atoms in total. The lowest BCUT2D eigenvalue weighted by molar-refractivity contribution is -0.137. The number of thiophene rings is 1. The van der Waals surface area contributed by atoms with Crippen molar-refractivity contribution in [3.63, 3.8) is 0 Å². The molecule has 0 aromatic carbocycles. The number of hydrogen-bond acceptors (Lipinski definition) is 4. The normalized spacial score (nSPS) is 19.5. The van der Waals surface area contributed by atoms with E-state index in [1.807, 2.05) is 16.3 Å². The lowest BCUT2D eigenvalue weighted by atomic mass is 10.00. The van der Waals surface area contributed by atoms with Gasteiger partial charge in [-0.25, -0.2) is 0 Å². The first kappa shape index (κ1) is 12.3. The molecule has 5 heteroatoms. The van der Waals surface area contributed by atoms with Gasteiger partial charge in [0.05, 0.1) is 13.1 Å². The average molecular weight is 252 g/mol. The van der Waals surface area contributed by atoms with Crippen LogP contribution in [0.4, 0.5) is 0 Å². The van der Waals surface area contributed by atoms with E-state index in [0.29, 0.717) is 19.0 Å². The van der Waals surface area contributed by atoms with E-state index >= 15 is 0 Å². The number of hydrogen-bond donors (Lipinski definition) is 1. The highest BCUT2D eigenvalue weighted by Gasteiger charge is 2.31. The number of nitrogens with zero attached hydrogens (tertiary/aromatic N) is 1. The number of nitrogens with one attached hydrogen (secondary N) is 1. The summed E-state index contributed by atoms with van der Waals surface area (Å²) >= 11 is 1.67. The molecule has 1 atom stereocenters. The Hall–Kier alpha value is -1.20. The van der Waals surface area contributed by atoms with E-state index in [-0.39, 0.29) is 17.9 Å². The number of carbonyl (C=O) groups excluding carboxylic acids is 2. The van der Waals surface area contributed by atoms with Crippen molar-refractivity contribution in [2.45, 2.75) is 19.9 Å². The van der Waals surface area contributed by atoms with Crippen LogP contribution in [0, 0.1) is 5.92 Å². The van der Waals surface area contributed by atoms with Gasteiger partial charge in [0, 0.05) is 10.9 Å². The van der Waals surface area contributed by atoms with Crippen molar-refractivity contribution in [1.82, 2.24) is 10.2 Å². The van der Waals surface area contributed by atoms with Gasteiger partial charge in [-0.3, -0.25) is 19.8 Å². The summed E-state index contributed by atoms with van der Waals surface area (Å²) in [4.78, 5) is 26.0. The molecule has 1 aromatic rings. The zero-order valence-corrected chi connectivity index (χ0v) is 10.8. The number of piperazine rings is 1. The van der Waals surface area contributed by atoms with Crippen LogP contribution in [-0.2, 0) is 9.59 Å². The van der Waals surface area contributed by atoms with Crippen LogP contribution in [-0.4, -0.2) is 29.8 Å². The van der Waals surface area contributed by atoms with Crippen LogP contribution in [0.15, 0.2) is 17.5 Å². The molecule has 1 aromatic heterocycles. The highest BCUT2D eigenvalue weighted by Crippen LogP contribution is 2.31. The molecule has 1 unspecified atom stereocenters. The predicted octanol–water partition coefficient (Wildman–Crippen LogP) is 1.40. The Morgan fingerprint density at radius 3 is 2.41 bits per heavy atom. The van der Waals surface area contributed by atoms with Crippen molar-refractivity contribution < 1.29 is 9.59 Å². The highest BCUT2D eigenvalue weighted by molar-refractivity contribution is 7.10. The van der Waals surface area contributed by atoms with Gasteiger partial charge in [0.2, 0.25) is 11.8 Å². The molecule has 2 heterocycles. The first-order valence-corrected chi connectivity index (χ1v) is 6.56. The van der Waals surface area contributed by atoms with Gasteiger partial charge in [-0.1, -0.05) is 19.9 Å². The molecule has 1 aliphatic rings. The molecule has 1 aliphatic heterocycles. The molecule has 0 bridgehead atoms. The van der Waals surface area contributed by atoms with Gasteiger partial charge in [-0.15, -0.1) is 11.3 Å². The summed E-state index contributed by atoms with van der Waals surface area (Å²) in [5, 5.41) is 4.36. The molecule has 0 aliphatic carbocycles. The molecule has 1 fully saturated rings. The van der Waals surface area contributed by atoms with Crippen LogP contribution < -0.4 is 5.32 Å². The second-order valence-corrected chi connectivity index (χ2v) is 5.56. The fourth-order valence-corrected chi connectivity index (χ4v) is 3.28. The summed E-state index contributed by atoms with van der Waals surface area (Å²) in [7, 11) is 0. The first-order valence-electron chi connectivity index (χ1n) is 5.68. The monoisotopic (exact) mass is 252 g/mol. The van der Waals surface area contributed by atoms with Gasteiger partial charge in [0.1, 0.15) is 0 Å². The van der Waals surface area contributed by atoms with Crippen molar-refractivity contribution in [3.05, 3.63) is 22.4 Å². The molecule has 1 N–H and O–H groups in total. The Morgan fingerprint density at radius 1 is 1.29 bits per heavy atom. The third-order valence-electron chi connectivity index (χ3n) is 2.83. The number of carbonyl (C=O) groups is 2. The first-order chi connectivity index (χ1) is 8.08. The Bertz CT molecular complexity index is 398. The van der Waals surface area contributed by atoms with Crippen molar-refractivity contribution in [1.29, 1.82) is 0 Å². The second-order valence-electron chi connectivity index (χ2n) is 4.58. The van der Waals surface area contributed by atoms with Crippen molar-refractivity contribution in [2.24, 2.45) is 5.92 Å². The minimum Gasteiger partial charge on any atom is -0.294 e. The van der Waals surface area contributed by atoms with Gasteiger partial charge in [-0.05, 0) is 17.4 Å². The molecule has 0 radical (unpaired) electrons. The average Bonchev–Trinajstić information content (AvgIpc) is 2.68. The molecule has 2 rings (SSSR count). The van der Waals surface area contributed by atoms with Gasteiger partial charge in [-0.2, -0.15) is 0 Å². The summed E-state index contributed by atoms with van der Waals surface area (Å²) < 4.78 is 0. The second kappa shape index (κ2) is 4.98. The molecule has 92 valence electrons. The quantitative estimate of drug-likeness (QED) is 0.827. The molecule has 1 saturated heterocycles. The van der Waals surface area contributed by atoms with Gasteiger partial charge < -0.3 is 0 Å². The zero-order valence-electron chi connectivity index (χ0n) is 9.97. The summed E-state index contributed by atoms with van der Waals surface area (Å²) in [5.41, 5.74) is 0. The molecule has 17 heavy (non-hydrogen) atoms. The van der Waals surface area contributed by atoms with E-state index in [4.69, 9.17) is 0 Å². The van der Waals surface area contributed by atoms with Crippen molar-refractivity contribution >= 4 is 23.2 Å². The molecule has 2 amide bonds. The third kappa shape index (κ3) is 2.73. The summed E-state index contributed by atoms with van der Waals surface area (Å²) in [6.07, 6.45) is 0. The van der Waals surface area contributed by atoms with Gasteiger partial charge in [0.25, 0.3) is 0 Å². The Balaban J connectivity index is 2.22. The Morgan fingerprint density at radius 2 is 1.94 bits per heavy atom. The van der Waals surface area contributed by atoms with E-state index in [0.717, 1.165) is 0 Å². The van der Waals surface area contributed by atoms with Crippen LogP contribution >= 0.6 is 11.3 Å². The summed E-state index contributed by atoms with van der Waals surface area (Å²) in [6, 6.07) is 4.21. The maximum Gasteiger partial charge on any atom is 0.240 e. The maximum atomic E-state index is 11.4. The van der Waals surface area contributed by atoms with Crippen LogP contribution in [0.3, 0.4) is 0 Å². The van der Waals surface area contributed by atoms with Crippen LogP contribution in [0.1, 0.15) is 24.8 Å². The molecular weight excluding hydrogens is 236 g/mol. The van der Waals surface area contributed by atoms with Crippen LogP contribution in [0.25, 0.3) is 0 Å².